The van der Waals surface area contributed by atoms with Crippen LogP contribution in [0.1, 0.15) is 30.8 Å². The van der Waals surface area contributed by atoms with Crippen molar-refractivity contribution in [2.45, 2.75) is 27.7 Å². The van der Waals surface area contributed by atoms with Crippen LogP contribution in [0.5, 0.6) is 0 Å². The zero-order valence-corrected chi connectivity index (χ0v) is 18.3. The second-order valence-electron chi connectivity index (χ2n) is 6.83. The summed E-state index contributed by atoms with van der Waals surface area (Å²) in [5.41, 5.74) is 5.70. The molecule has 0 radical (unpaired) electrons. The predicted octanol–water partition coefficient (Wildman–Crippen LogP) is 4.47. The number of hydrogen-bond acceptors (Lipinski definition) is 4. The first kappa shape index (κ1) is 20.3. The van der Waals surface area contributed by atoms with Crippen LogP contribution < -0.4 is 4.90 Å². The van der Waals surface area contributed by atoms with Crippen molar-refractivity contribution in [2.24, 2.45) is 4.99 Å². The number of thioether (sulfide) groups is 1. The summed E-state index contributed by atoms with van der Waals surface area (Å²) < 4.78 is 2.24. The highest BCUT2D eigenvalue weighted by molar-refractivity contribution is 8.18. The van der Waals surface area contributed by atoms with Gasteiger partial charge in [0.05, 0.1) is 4.91 Å². The number of nitrogens with zero attached hydrogens (tertiary/aromatic N) is 4. The normalized spacial score (nSPS) is 17.2. The summed E-state index contributed by atoms with van der Waals surface area (Å²) in [6, 6.07) is 10.8. The Labute approximate surface area is 171 Å². The Morgan fingerprint density at radius 2 is 1.79 bits per heavy atom. The Morgan fingerprint density at radius 1 is 1.14 bits per heavy atom. The highest BCUT2D eigenvalue weighted by Gasteiger charge is 2.30. The van der Waals surface area contributed by atoms with E-state index in [9.17, 15) is 4.79 Å². The van der Waals surface area contributed by atoms with Crippen molar-refractivity contribution >= 4 is 34.6 Å². The number of aromatic nitrogens is 1. The molecular weight excluding hydrogens is 368 g/mol. The number of hydrogen-bond donors (Lipinski definition) is 0. The van der Waals surface area contributed by atoms with Gasteiger partial charge in [-0.05, 0) is 81.4 Å². The molecule has 3 rings (SSSR count). The van der Waals surface area contributed by atoms with E-state index < -0.39 is 0 Å². The zero-order chi connectivity index (χ0) is 20.4. The van der Waals surface area contributed by atoms with Gasteiger partial charge >= 0.3 is 0 Å². The van der Waals surface area contributed by atoms with Crippen molar-refractivity contribution in [3.63, 3.8) is 0 Å². The van der Waals surface area contributed by atoms with Crippen molar-refractivity contribution in [2.75, 3.05) is 32.1 Å². The van der Waals surface area contributed by atoms with Crippen LogP contribution >= 0.6 is 11.8 Å². The molecule has 0 atom stereocenters. The Kier molecular flexibility index (Phi) is 5.98. The van der Waals surface area contributed by atoms with E-state index in [-0.39, 0.29) is 5.91 Å². The summed E-state index contributed by atoms with van der Waals surface area (Å²) in [5, 5.41) is 0.733. The molecule has 6 heteroatoms. The second-order valence-corrected chi connectivity index (χ2v) is 7.84. The highest BCUT2D eigenvalue weighted by atomic mass is 32.2. The third-order valence-corrected chi connectivity index (χ3v) is 6.34. The molecule has 0 aliphatic carbocycles. The Balaban J connectivity index is 1.95. The van der Waals surface area contributed by atoms with Gasteiger partial charge in [-0.2, -0.15) is 0 Å². The fourth-order valence-electron chi connectivity index (χ4n) is 3.62. The summed E-state index contributed by atoms with van der Waals surface area (Å²) >= 11 is 1.42. The first-order valence-electron chi connectivity index (χ1n) is 9.59. The molecule has 0 N–H and O–H groups in total. The monoisotopic (exact) mass is 396 g/mol. The third kappa shape index (κ3) is 3.61. The molecule has 1 aromatic heterocycles. The van der Waals surface area contributed by atoms with E-state index in [1.165, 1.54) is 17.4 Å². The molecule has 28 heavy (non-hydrogen) atoms. The van der Waals surface area contributed by atoms with Crippen LogP contribution in [0, 0.1) is 13.8 Å². The van der Waals surface area contributed by atoms with Crippen LogP contribution in [-0.2, 0) is 4.79 Å². The maximum atomic E-state index is 12.5. The van der Waals surface area contributed by atoms with Crippen LogP contribution in [0.25, 0.3) is 11.8 Å². The smallest absolute Gasteiger partial charge is 0.266 e. The minimum Gasteiger partial charge on any atom is -0.372 e. The lowest BCUT2D eigenvalue weighted by Gasteiger charge is -2.21. The first-order valence-corrected chi connectivity index (χ1v) is 10.4. The molecule has 148 valence electrons. The number of likely N-dealkylation sites (N-methyl/N-ethyl adjacent to an activating group) is 1. The van der Waals surface area contributed by atoms with Crippen LogP contribution in [0.4, 0.5) is 5.69 Å². The van der Waals surface area contributed by atoms with Crippen molar-refractivity contribution in [1.82, 2.24) is 9.47 Å². The number of amides is 1. The summed E-state index contributed by atoms with van der Waals surface area (Å²) in [7, 11) is 3.47. The molecule has 1 aliphatic rings. The minimum atomic E-state index is -0.000946. The minimum absolute atomic E-state index is 0.000946. The van der Waals surface area contributed by atoms with E-state index in [0.717, 1.165) is 40.9 Å². The van der Waals surface area contributed by atoms with Gasteiger partial charge in [0.15, 0.2) is 5.17 Å². The average Bonchev–Trinajstić information content (AvgIpc) is 3.13. The summed E-state index contributed by atoms with van der Waals surface area (Å²) in [5.74, 6) is -0.000946. The number of amidine groups is 1. The van der Waals surface area contributed by atoms with E-state index >= 15 is 0 Å². The number of benzene rings is 1. The first-order chi connectivity index (χ1) is 13.4. The second kappa shape index (κ2) is 8.27. The molecule has 1 aliphatic heterocycles. The Bertz CT molecular complexity index is 936. The maximum Gasteiger partial charge on any atom is 0.266 e. The predicted molar refractivity (Wildman–Crippen MR) is 121 cm³/mol. The largest absolute Gasteiger partial charge is 0.372 e. The quantitative estimate of drug-likeness (QED) is 0.700. The van der Waals surface area contributed by atoms with Crippen LogP contribution in [0.3, 0.4) is 0 Å². The fourth-order valence-corrected chi connectivity index (χ4v) is 4.54. The van der Waals surface area contributed by atoms with Gasteiger partial charge in [0.2, 0.25) is 0 Å². The number of anilines is 1. The van der Waals surface area contributed by atoms with E-state index in [1.54, 1.807) is 19.0 Å². The number of carbonyl (C=O) groups is 1. The number of rotatable bonds is 5. The number of carbonyl (C=O) groups excluding carboxylic acids is 1. The molecule has 0 unspecified atom stereocenters. The van der Waals surface area contributed by atoms with Gasteiger partial charge in [-0.3, -0.25) is 14.7 Å². The number of aliphatic imine (C=N–C) groups is 1. The van der Waals surface area contributed by atoms with Crippen molar-refractivity contribution < 1.29 is 4.79 Å². The van der Waals surface area contributed by atoms with Crippen LogP contribution in [0.2, 0.25) is 0 Å². The summed E-state index contributed by atoms with van der Waals surface area (Å²) in [6.07, 6.45) is 1.98. The molecule has 2 heterocycles. The molecular formula is C22H28N4OS. The lowest BCUT2D eigenvalue weighted by atomic mass is 10.2. The van der Waals surface area contributed by atoms with E-state index in [0.29, 0.717) is 4.91 Å². The van der Waals surface area contributed by atoms with Crippen molar-refractivity contribution in [3.05, 3.63) is 52.2 Å². The average molecular weight is 397 g/mol. The van der Waals surface area contributed by atoms with E-state index in [2.05, 4.69) is 72.5 Å². The van der Waals surface area contributed by atoms with Crippen LogP contribution in [0.15, 0.2) is 40.2 Å². The number of aryl methyl sites for hydroxylation is 1. The summed E-state index contributed by atoms with van der Waals surface area (Å²) in [6.45, 7) is 10.5. The Morgan fingerprint density at radius 3 is 2.32 bits per heavy atom. The van der Waals surface area contributed by atoms with Gasteiger partial charge < -0.3 is 9.47 Å². The third-order valence-electron chi connectivity index (χ3n) is 5.19. The van der Waals surface area contributed by atoms with Gasteiger partial charge in [0, 0.05) is 49.9 Å². The van der Waals surface area contributed by atoms with Gasteiger partial charge in [0.1, 0.15) is 0 Å². The highest BCUT2D eigenvalue weighted by Crippen LogP contribution is 2.33. The molecule has 1 saturated heterocycles. The molecule has 0 bridgehead atoms. The molecule has 2 aromatic rings. The molecule has 1 fully saturated rings. The van der Waals surface area contributed by atoms with Gasteiger partial charge in [-0.15, -0.1) is 0 Å². The zero-order valence-electron chi connectivity index (χ0n) is 17.5. The molecule has 0 spiro atoms. The SMILES string of the molecule is CCN(CC)c1ccc(-n2c(C)cc(/C=C3/SC(=NC)N(C)C3=O)c2C)cc1. The molecule has 1 amide bonds. The molecule has 5 nitrogen and oxygen atoms in total. The fraction of sp³-hybridized carbons (Fsp3) is 0.364. The lowest BCUT2D eigenvalue weighted by Crippen LogP contribution is -2.23. The maximum absolute atomic E-state index is 12.5. The van der Waals surface area contributed by atoms with Crippen molar-refractivity contribution in [3.8, 4) is 5.69 Å². The lowest BCUT2D eigenvalue weighted by molar-refractivity contribution is -0.121. The molecule has 0 saturated carbocycles. The van der Waals surface area contributed by atoms with E-state index in [4.69, 9.17) is 0 Å². The standard InChI is InChI=1S/C22H28N4OS/c1-7-25(8-2)18-9-11-19(12-10-18)26-15(3)13-17(16(26)4)14-20-21(27)24(6)22(23-5)28-20/h9-14H,7-8H2,1-6H3/b20-14+,23-22?. The topological polar surface area (TPSA) is 40.8 Å². The van der Waals surface area contributed by atoms with E-state index in [1.807, 2.05) is 6.08 Å². The van der Waals surface area contributed by atoms with Gasteiger partial charge in [-0.1, -0.05) is 0 Å². The van der Waals surface area contributed by atoms with Crippen molar-refractivity contribution in [1.29, 1.82) is 0 Å². The Hall–Kier alpha value is -2.47. The summed E-state index contributed by atoms with van der Waals surface area (Å²) in [4.78, 5) is 21.3. The molecule has 1 aromatic carbocycles. The van der Waals surface area contributed by atoms with Gasteiger partial charge in [-0.25, -0.2) is 0 Å². The van der Waals surface area contributed by atoms with Crippen LogP contribution in [-0.4, -0.2) is 47.7 Å². The van der Waals surface area contributed by atoms with Gasteiger partial charge in [0.25, 0.3) is 5.91 Å².